The number of thiophene rings is 1. The van der Waals surface area contributed by atoms with E-state index in [-0.39, 0.29) is 5.56 Å². The molecule has 1 aromatic carbocycles. The maximum absolute atomic E-state index is 13.1. The minimum atomic E-state index is 0.0548. The van der Waals surface area contributed by atoms with Crippen LogP contribution in [0.1, 0.15) is 29.3 Å². The van der Waals surface area contributed by atoms with Crippen LogP contribution in [0.5, 0.6) is 0 Å². The van der Waals surface area contributed by atoms with Crippen molar-refractivity contribution < 1.29 is 0 Å². The number of aromatic nitrogens is 2. The van der Waals surface area contributed by atoms with E-state index in [0.29, 0.717) is 17.2 Å². The van der Waals surface area contributed by atoms with E-state index in [1.165, 1.54) is 16.9 Å². The van der Waals surface area contributed by atoms with Crippen molar-refractivity contribution in [3.8, 4) is 0 Å². The molecule has 0 unspecified atom stereocenters. The summed E-state index contributed by atoms with van der Waals surface area (Å²) in [6.07, 6.45) is 3.29. The van der Waals surface area contributed by atoms with Crippen LogP contribution in [0.4, 0.5) is 0 Å². The number of H-pyrrole nitrogens is 1. The van der Waals surface area contributed by atoms with Crippen molar-refractivity contribution in [2.75, 3.05) is 0 Å². The molecule has 118 valence electrons. The van der Waals surface area contributed by atoms with Crippen molar-refractivity contribution in [3.05, 3.63) is 61.5 Å². The minimum absolute atomic E-state index is 0.0548. The third kappa shape index (κ3) is 2.58. The van der Waals surface area contributed by atoms with Crippen LogP contribution in [0.25, 0.3) is 10.2 Å². The number of aromatic amines is 1. The van der Waals surface area contributed by atoms with Crippen molar-refractivity contribution in [1.82, 2.24) is 9.55 Å². The smallest absolute Gasteiger partial charge is 0.263 e. The van der Waals surface area contributed by atoms with Crippen LogP contribution < -0.4 is 5.56 Å². The zero-order valence-electron chi connectivity index (χ0n) is 13.0. The Hall–Kier alpha value is -1.72. The first-order valence-corrected chi connectivity index (χ1v) is 9.17. The van der Waals surface area contributed by atoms with Crippen molar-refractivity contribution in [2.45, 2.75) is 32.7 Å². The first-order chi connectivity index (χ1) is 11.1. The maximum atomic E-state index is 13.1. The van der Waals surface area contributed by atoms with Gasteiger partial charge in [-0.15, -0.1) is 11.3 Å². The molecule has 2 aromatic heterocycles. The van der Waals surface area contributed by atoms with E-state index in [2.05, 4.69) is 11.9 Å². The van der Waals surface area contributed by atoms with Gasteiger partial charge in [0.25, 0.3) is 5.56 Å². The summed E-state index contributed by atoms with van der Waals surface area (Å²) in [7, 11) is 0. The fourth-order valence-corrected chi connectivity index (χ4v) is 4.92. The summed E-state index contributed by atoms with van der Waals surface area (Å²) in [6.45, 7) is 2.78. The lowest BCUT2D eigenvalue weighted by Gasteiger charge is -2.17. The fraction of sp³-hybridized carbons (Fsp3) is 0.333. The van der Waals surface area contributed by atoms with Crippen LogP contribution in [0.15, 0.2) is 35.1 Å². The van der Waals surface area contributed by atoms with Gasteiger partial charge in [-0.05, 0) is 48.5 Å². The number of hydrogen-bond acceptors (Lipinski definition) is 3. The molecular weight excluding hydrogens is 324 g/mol. The molecule has 1 aliphatic carbocycles. The minimum Gasteiger partial charge on any atom is -0.323 e. The predicted molar refractivity (Wildman–Crippen MR) is 98.0 cm³/mol. The van der Waals surface area contributed by atoms with Gasteiger partial charge in [-0.25, -0.2) is 0 Å². The van der Waals surface area contributed by atoms with Gasteiger partial charge >= 0.3 is 0 Å². The second kappa shape index (κ2) is 5.73. The number of fused-ring (bicyclic) bond motifs is 3. The molecule has 2 heterocycles. The molecule has 5 heteroatoms. The zero-order valence-corrected chi connectivity index (χ0v) is 14.6. The van der Waals surface area contributed by atoms with Gasteiger partial charge in [-0.1, -0.05) is 37.3 Å². The van der Waals surface area contributed by atoms with E-state index in [0.717, 1.165) is 28.6 Å². The van der Waals surface area contributed by atoms with Crippen LogP contribution in [0, 0.1) is 10.7 Å². The number of rotatable bonds is 2. The van der Waals surface area contributed by atoms with Gasteiger partial charge in [-0.3, -0.25) is 9.36 Å². The molecule has 0 amide bonds. The summed E-state index contributed by atoms with van der Waals surface area (Å²) in [5.74, 6) is 0.644. The van der Waals surface area contributed by atoms with Gasteiger partial charge in [-0.2, -0.15) is 0 Å². The quantitative estimate of drug-likeness (QED) is 0.705. The van der Waals surface area contributed by atoms with Crippen LogP contribution in [0.3, 0.4) is 0 Å². The Morgan fingerprint density at radius 3 is 2.91 bits per heavy atom. The molecule has 23 heavy (non-hydrogen) atoms. The standard InChI is InChI=1S/C18H18N2OS2/c1-11-7-8-14-13(9-11)15-16(23-14)19-18(22)20(17(15)21)10-12-5-3-2-4-6-12/h2-6,11H,7-10H2,1H3,(H,19,22)/t11-/m0/s1. The fourth-order valence-electron chi connectivity index (χ4n) is 3.37. The van der Waals surface area contributed by atoms with Gasteiger partial charge in [0.1, 0.15) is 4.83 Å². The summed E-state index contributed by atoms with van der Waals surface area (Å²) >= 11 is 7.15. The summed E-state index contributed by atoms with van der Waals surface area (Å²) in [5, 5.41) is 0.862. The molecule has 1 aliphatic rings. The summed E-state index contributed by atoms with van der Waals surface area (Å²) < 4.78 is 2.21. The first kappa shape index (κ1) is 14.8. The number of aryl methyl sites for hydroxylation is 1. The molecule has 0 aliphatic heterocycles. The highest BCUT2D eigenvalue weighted by atomic mass is 32.1. The monoisotopic (exact) mass is 342 g/mol. The Bertz CT molecular complexity index is 982. The van der Waals surface area contributed by atoms with Crippen LogP contribution in [-0.4, -0.2) is 9.55 Å². The average molecular weight is 342 g/mol. The van der Waals surface area contributed by atoms with E-state index in [9.17, 15) is 4.79 Å². The molecule has 0 saturated heterocycles. The molecular formula is C18H18N2OS2. The van der Waals surface area contributed by atoms with Gasteiger partial charge in [0.15, 0.2) is 4.77 Å². The largest absolute Gasteiger partial charge is 0.323 e. The molecule has 0 saturated carbocycles. The Morgan fingerprint density at radius 2 is 2.13 bits per heavy atom. The van der Waals surface area contributed by atoms with Gasteiger partial charge < -0.3 is 4.98 Å². The number of benzene rings is 1. The molecule has 1 atom stereocenters. The molecule has 3 nitrogen and oxygen atoms in total. The van der Waals surface area contributed by atoms with Crippen molar-refractivity contribution in [1.29, 1.82) is 0 Å². The maximum Gasteiger partial charge on any atom is 0.263 e. The number of nitrogens with one attached hydrogen (secondary N) is 1. The lowest BCUT2D eigenvalue weighted by Crippen LogP contribution is -2.23. The van der Waals surface area contributed by atoms with Crippen LogP contribution >= 0.6 is 23.6 Å². The highest BCUT2D eigenvalue weighted by Gasteiger charge is 2.23. The Labute approximate surface area is 143 Å². The molecule has 1 N–H and O–H groups in total. The lowest BCUT2D eigenvalue weighted by molar-refractivity contribution is 0.508. The van der Waals surface area contributed by atoms with E-state index < -0.39 is 0 Å². The number of hydrogen-bond donors (Lipinski definition) is 1. The van der Waals surface area contributed by atoms with E-state index in [1.54, 1.807) is 15.9 Å². The van der Waals surface area contributed by atoms with E-state index in [1.807, 2.05) is 30.3 Å². The Balaban J connectivity index is 1.91. The van der Waals surface area contributed by atoms with E-state index >= 15 is 0 Å². The summed E-state index contributed by atoms with van der Waals surface area (Å²) in [6, 6.07) is 10.00. The molecule has 0 spiro atoms. The summed E-state index contributed by atoms with van der Waals surface area (Å²) in [4.78, 5) is 18.7. The predicted octanol–water partition coefficient (Wildman–Crippen LogP) is 4.29. The third-order valence-electron chi connectivity index (χ3n) is 4.62. The van der Waals surface area contributed by atoms with Crippen LogP contribution in [0.2, 0.25) is 0 Å². The van der Waals surface area contributed by atoms with Crippen molar-refractivity contribution >= 4 is 33.8 Å². The highest BCUT2D eigenvalue weighted by molar-refractivity contribution is 7.71. The van der Waals surface area contributed by atoms with Gasteiger partial charge in [0.2, 0.25) is 0 Å². The average Bonchev–Trinajstić information content (AvgIpc) is 2.89. The zero-order chi connectivity index (χ0) is 16.0. The number of nitrogens with zero attached hydrogens (tertiary/aromatic N) is 1. The summed E-state index contributed by atoms with van der Waals surface area (Å²) in [5.41, 5.74) is 2.40. The molecule has 0 bridgehead atoms. The lowest BCUT2D eigenvalue weighted by atomic mass is 9.89. The second-order valence-corrected chi connectivity index (χ2v) is 7.85. The highest BCUT2D eigenvalue weighted by Crippen LogP contribution is 2.35. The molecule has 0 radical (unpaired) electrons. The third-order valence-corrected chi connectivity index (χ3v) is 6.15. The van der Waals surface area contributed by atoms with E-state index in [4.69, 9.17) is 12.2 Å². The Kier molecular flexibility index (Phi) is 3.70. The second-order valence-electron chi connectivity index (χ2n) is 6.36. The topological polar surface area (TPSA) is 37.8 Å². The van der Waals surface area contributed by atoms with Gasteiger partial charge in [0, 0.05) is 4.88 Å². The molecule has 4 rings (SSSR count). The van der Waals surface area contributed by atoms with Crippen molar-refractivity contribution in [3.63, 3.8) is 0 Å². The normalized spacial score (nSPS) is 17.3. The first-order valence-electron chi connectivity index (χ1n) is 7.95. The Morgan fingerprint density at radius 1 is 1.35 bits per heavy atom. The SMILES string of the molecule is C[C@H]1CCc2sc3[nH]c(=S)n(Cc4ccccc4)c(=O)c3c2C1. The van der Waals surface area contributed by atoms with Gasteiger partial charge in [0.05, 0.1) is 11.9 Å². The van der Waals surface area contributed by atoms with Crippen LogP contribution in [-0.2, 0) is 19.4 Å². The molecule has 3 aromatic rings. The van der Waals surface area contributed by atoms with Crippen molar-refractivity contribution in [2.24, 2.45) is 5.92 Å². The molecule has 0 fully saturated rings.